The lowest BCUT2D eigenvalue weighted by atomic mass is 9.81. The predicted octanol–water partition coefficient (Wildman–Crippen LogP) is 5.17. The van der Waals surface area contributed by atoms with Crippen molar-refractivity contribution in [3.05, 3.63) is 58.9 Å². The molecule has 196 valence electrons. The number of hydrogen-bond donors (Lipinski definition) is 1. The third kappa shape index (κ3) is 5.10. The lowest BCUT2D eigenvalue weighted by Gasteiger charge is -2.27. The van der Waals surface area contributed by atoms with Gasteiger partial charge in [-0.1, -0.05) is 18.2 Å². The van der Waals surface area contributed by atoms with Gasteiger partial charge in [0.2, 0.25) is 0 Å². The first-order valence-corrected chi connectivity index (χ1v) is 12.4. The van der Waals surface area contributed by atoms with Gasteiger partial charge in [-0.15, -0.1) is 0 Å². The predicted molar refractivity (Wildman–Crippen MR) is 131 cm³/mol. The molecule has 3 aromatic rings. The maximum atomic E-state index is 12.6. The molecule has 8 nitrogen and oxygen atoms in total. The molecule has 0 unspecified atom stereocenters. The van der Waals surface area contributed by atoms with E-state index in [2.05, 4.69) is 21.4 Å². The highest BCUT2D eigenvalue weighted by molar-refractivity contribution is 5.82. The number of carbonyl (C=O) groups is 2. The van der Waals surface area contributed by atoms with Gasteiger partial charge in [0, 0.05) is 24.6 Å². The highest BCUT2D eigenvalue weighted by atomic mass is 19.3. The van der Waals surface area contributed by atoms with E-state index in [9.17, 15) is 23.5 Å². The van der Waals surface area contributed by atoms with Gasteiger partial charge >= 0.3 is 18.7 Å². The number of carbonyl (C=O) groups excluding carboxylic acids is 1. The number of aliphatic carboxylic acids is 1. The third-order valence-electron chi connectivity index (χ3n) is 7.52. The number of halogens is 2. The summed E-state index contributed by atoms with van der Waals surface area (Å²) in [6, 6.07) is 10.7. The molecule has 1 saturated carbocycles. The van der Waals surface area contributed by atoms with Crippen molar-refractivity contribution < 1.29 is 33.0 Å². The van der Waals surface area contributed by atoms with Crippen LogP contribution < -0.4 is 4.74 Å². The minimum atomic E-state index is -2.88. The molecule has 2 aliphatic rings. The normalized spacial score (nSPS) is 19.6. The number of nitrogens with zero attached hydrogens (tertiary/aromatic N) is 3. The van der Waals surface area contributed by atoms with E-state index in [0.717, 1.165) is 46.4 Å². The summed E-state index contributed by atoms with van der Waals surface area (Å²) >= 11 is 0. The number of rotatable bonds is 6. The van der Waals surface area contributed by atoms with Crippen LogP contribution in [0.4, 0.5) is 13.6 Å². The van der Waals surface area contributed by atoms with E-state index in [0.29, 0.717) is 38.9 Å². The number of benzene rings is 2. The summed E-state index contributed by atoms with van der Waals surface area (Å²) in [6.45, 7) is -1.43. The Morgan fingerprint density at radius 3 is 2.49 bits per heavy atom. The molecule has 1 fully saturated rings. The van der Waals surface area contributed by atoms with Crippen LogP contribution in [-0.4, -0.2) is 51.9 Å². The number of imidazole rings is 1. The fraction of sp³-hybridized carbons (Fsp3) is 0.444. The molecule has 1 N–H and O–H groups in total. The van der Waals surface area contributed by atoms with Crippen molar-refractivity contribution in [3.63, 3.8) is 0 Å². The van der Waals surface area contributed by atoms with Crippen LogP contribution >= 0.6 is 0 Å². The van der Waals surface area contributed by atoms with Crippen molar-refractivity contribution in [2.75, 3.05) is 13.7 Å². The monoisotopic (exact) mass is 513 g/mol. The summed E-state index contributed by atoms with van der Waals surface area (Å²) in [5.74, 6) is -0.0120. The second kappa shape index (κ2) is 10.4. The molecule has 2 heterocycles. The summed E-state index contributed by atoms with van der Waals surface area (Å²) in [7, 11) is 1.37. The summed E-state index contributed by atoms with van der Waals surface area (Å²) in [5, 5.41) is 9.44. The standard InChI is InChI=1S/C27H29F2N3O5/c1-36-27(35)31-13-12-17-8-11-22-23(21(17)15-31)30-24(18-4-6-19(7-5-18)25(33)34)32(22)14-16-2-9-20(10-3-16)37-26(28)29/h2-3,8-11,18-19,26H,4-7,12-15H2,1H3,(H,33,34)/t18-,19-. The third-order valence-corrected chi connectivity index (χ3v) is 7.52. The van der Waals surface area contributed by atoms with Crippen molar-refractivity contribution in [2.45, 2.75) is 57.7 Å². The molecule has 10 heteroatoms. The van der Waals surface area contributed by atoms with Crippen LogP contribution in [0.2, 0.25) is 0 Å². The van der Waals surface area contributed by atoms with Crippen LogP contribution in [0.1, 0.15) is 54.1 Å². The van der Waals surface area contributed by atoms with E-state index in [1.165, 1.54) is 19.2 Å². The van der Waals surface area contributed by atoms with Crippen molar-refractivity contribution in [3.8, 4) is 5.75 Å². The topological polar surface area (TPSA) is 93.9 Å². The average Bonchev–Trinajstić information content (AvgIpc) is 3.27. The summed E-state index contributed by atoms with van der Waals surface area (Å²) < 4.78 is 36.7. The molecule has 37 heavy (non-hydrogen) atoms. The molecule has 0 atom stereocenters. The SMILES string of the molecule is COC(=O)N1CCc2ccc3c(nc([C@H]4CC[C@H](C(=O)O)CC4)n3Cc3ccc(OC(F)F)cc3)c2C1. The quantitative estimate of drug-likeness (QED) is 0.489. The average molecular weight is 514 g/mol. The van der Waals surface area contributed by atoms with Gasteiger partial charge in [-0.05, 0) is 61.4 Å². The van der Waals surface area contributed by atoms with Crippen molar-refractivity contribution >= 4 is 23.1 Å². The van der Waals surface area contributed by atoms with Gasteiger partial charge < -0.3 is 24.0 Å². The van der Waals surface area contributed by atoms with Crippen molar-refractivity contribution in [1.29, 1.82) is 0 Å². The van der Waals surface area contributed by atoms with Crippen molar-refractivity contribution in [1.82, 2.24) is 14.5 Å². The molecular weight excluding hydrogens is 484 g/mol. The van der Waals surface area contributed by atoms with Crippen LogP contribution in [0.3, 0.4) is 0 Å². The number of aromatic nitrogens is 2. The number of fused-ring (bicyclic) bond motifs is 3. The first kappa shape index (κ1) is 25.0. The second-order valence-corrected chi connectivity index (χ2v) is 9.68. The molecule has 1 amide bonds. The Balaban J connectivity index is 1.53. The fourth-order valence-electron chi connectivity index (χ4n) is 5.56. The molecule has 0 bridgehead atoms. The molecular formula is C27H29F2N3O5. The lowest BCUT2D eigenvalue weighted by molar-refractivity contribution is -0.142. The van der Waals surface area contributed by atoms with Crippen molar-refractivity contribution in [2.24, 2.45) is 5.92 Å². The lowest BCUT2D eigenvalue weighted by Crippen LogP contribution is -2.35. The highest BCUT2D eigenvalue weighted by Gasteiger charge is 2.31. The minimum absolute atomic E-state index is 0.0958. The molecule has 2 aromatic carbocycles. The number of amides is 1. The van der Waals surface area contributed by atoms with Crippen LogP contribution in [0.5, 0.6) is 5.75 Å². The summed E-state index contributed by atoms with van der Waals surface area (Å²) in [4.78, 5) is 30.5. The molecule has 1 aliphatic heterocycles. The van der Waals surface area contributed by atoms with Gasteiger partial charge in [0.15, 0.2) is 0 Å². The van der Waals surface area contributed by atoms with Crippen LogP contribution in [0.15, 0.2) is 36.4 Å². The van der Waals surface area contributed by atoms with Crippen LogP contribution in [-0.2, 0) is 29.0 Å². The number of carboxylic acid groups (broad SMARTS) is 1. The Kier molecular flexibility index (Phi) is 6.99. The first-order valence-electron chi connectivity index (χ1n) is 12.4. The molecule has 1 aromatic heterocycles. The van der Waals surface area contributed by atoms with E-state index >= 15 is 0 Å². The molecule has 1 aliphatic carbocycles. The molecule has 0 spiro atoms. The number of methoxy groups -OCH3 is 1. The van der Waals surface area contributed by atoms with E-state index in [1.807, 2.05) is 0 Å². The van der Waals surface area contributed by atoms with Gasteiger partial charge in [-0.25, -0.2) is 9.78 Å². The maximum absolute atomic E-state index is 12.6. The minimum Gasteiger partial charge on any atom is -0.481 e. The molecule has 5 rings (SSSR count). The Labute approximate surface area is 212 Å². The smallest absolute Gasteiger partial charge is 0.409 e. The van der Waals surface area contributed by atoms with E-state index in [1.54, 1.807) is 17.0 Å². The largest absolute Gasteiger partial charge is 0.481 e. The zero-order chi connectivity index (χ0) is 26.1. The number of alkyl halides is 2. The second-order valence-electron chi connectivity index (χ2n) is 9.68. The van der Waals surface area contributed by atoms with Gasteiger partial charge in [-0.3, -0.25) is 4.79 Å². The van der Waals surface area contributed by atoms with Gasteiger partial charge in [-0.2, -0.15) is 8.78 Å². The highest BCUT2D eigenvalue weighted by Crippen LogP contribution is 2.38. The molecule has 0 saturated heterocycles. The van der Waals surface area contributed by atoms with Crippen LogP contribution in [0.25, 0.3) is 11.0 Å². The Hall–Kier alpha value is -3.69. The Morgan fingerprint density at radius 2 is 1.84 bits per heavy atom. The number of ether oxygens (including phenoxy) is 2. The fourth-order valence-corrected chi connectivity index (χ4v) is 5.56. The first-order chi connectivity index (χ1) is 17.8. The van der Waals surface area contributed by atoms with E-state index in [4.69, 9.17) is 9.72 Å². The summed E-state index contributed by atoms with van der Waals surface area (Å²) in [6.07, 6.45) is 2.96. The maximum Gasteiger partial charge on any atom is 0.409 e. The van der Waals surface area contributed by atoms with Gasteiger partial charge in [0.25, 0.3) is 0 Å². The summed E-state index contributed by atoms with van der Waals surface area (Å²) in [5.41, 5.74) is 4.80. The van der Waals surface area contributed by atoms with Crippen LogP contribution in [0, 0.1) is 5.92 Å². The van der Waals surface area contributed by atoms with Gasteiger partial charge in [0.1, 0.15) is 11.6 Å². The Morgan fingerprint density at radius 1 is 1.11 bits per heavy atom. The zero-order valence-corrected chi connectivity index (χ0v) is 20.5. The zero-order valence-electron chi connectivity index (χ0n) is 20.5. The number of hydrogen-bond acceptors (Lipinski definition) is 5. The van der Waals surface area contributed by atoms with Gasteiger partial charge in [0.05, 0.1) is 30.6 Å². The van der Waals surface area contributed by atoms with E-state index < -0.39 is 12.6 Å². The molecule has 0 radical (unpaired) electrons. The number of carboxylic acids is 1. The Bertz CT molecular complexity index is 1300. The van der Waals surface area contributed by atoms with E-state index in [-0.39, 0.29) is 23.7 Å².